The van der Waals surface area contributed by atoms with Crippen LogP contribution in [0.15, 0.2) is 42.5 Å². The summed E-state index contributed by atoms with van der Waals surface area (Å²) in [6.45, 7) is 4.04. The number of carbonyl (C=O) groups excluding carboxylic acids is 7. The maximum absolute atomic E-state index is 14.9. The average molecular weight is 924 g/mol. The number of nitrogens with zero attached hydrogens (tertiary/aromatic N) is 3. The lowest BCUT2D eigenvalue weighted by molar-refractivity contribution is -0.163. The fraction of sp³-hybridized carbons (Fsp3) is 0.525. The van der Waals surface area contributed by atoms with Gasteiger partial charge in [-0.05, 0) is 75.3 Å². The third-order valence-corrected chi connectivity index (χ3v) is 12.3. The first-order valence-corrected chi connectivity index (χ1v) is 22.3. The van der Waals surface area contributed by atoms with Gasteiger partial charge in [0, 0.05) is 38.5 Å². The molecule has 0 saturated carbocycles. The largest absolute Gasteiger partial charge is 0.469 e. The lowest BCUT2D eigenvalue weighted by Crippen LogP contribution is -2.63. The maximum atomic E-state index is 14.9. The lowest BCUT2D eigenvalue weighted by Gasteiger charge is -2.39. The fourth-order valence-corrected chi connectivity index (χ4v) is 9.26. The van der Waals surface area contributed by atoms with Crippen molar-refractivity contribution < 1.29 is 66.0 Å². The molecule has 342 valence electrons. The number of benzene rings is 2. The molecule has 0 aliphatic carbocycles. The summed E-state index contributed by atoms with van der Waals surface area (Å²) in [5.41, 5.74) is 0.0425. The molecule has 4 aliphatic heterocycles. The van der Waals surface area contributed by atoms with Crippen LogP contribution >= 0.6 is 19.4 Å². The number of carbonyl (C=O) groups is 7. The van der Waals surface area contributed by atoms with Crippen LogP contribution < -0.4 is 21.3 Å². The minimum absolute atomic E-state index is 0.0476. The maximum Gasteiger partial charge on any atom is 0.469 e. The molecule has 6 N–H and O–H groups in total. The Hall–Kier alpha value is -5.21. The van der Waals surface area contributed by atoms with Gasteiger partial charge < -0.3 is 50.5 Å². The quantitative estimate of drug-likeness (QED) is 0.164. The zero-order valence-electron chi connectivity index (χ0n) is 34.5. The van der Waals surface area contributed by atoms with Crippen molar-refractivity contribution in [2.75, 3.05) is 25.0 Å². The molecule has 2 aromatic carbocycles. The number of ether oxygens (including phenoxy) is 1. The number of fused-ring (bicyclic) bond motifs is 3. The summed E-state index contributed by atoms with van der Waals surface area (Å²) in [5, 5.41) is 10.2. The van der Waals surface area contributed by atoms with Gasteiger partial charge in [-0.3, -0.25) is 28.5 Å². The number of halogens is 3. The number of para-hydroxylation sites is 1. The molecule has 0 aromatic heterocycles. The average Bonchev–Trinajstić information content (AvgIpc) is 3.81. The molecule has 0 radical (unpaired) electrons. The van der Waals surface area contributed by atoms with Crippen LogP contribution in [0, 0.1) is 17.6 Å². The summed E-state index contributed by atoms with van der Waals surface area (Å²) >= 11 is 6.21. The number of amides is 7. The van der Waals surface area contributed by atoms with Gasteiger partial charge >= 0.3 is 19.8 Å². The molecule has 4 heterocycles. The Labute approximate surface area is 365 Å². The van der Waals surface area contributed by atoms with Crippen LogP contribution in [0.1, 0.15) is 58.4 Å². The number of phosphoric ester groups is 1. The van der Waals surface area contributed by atoms with Gasteiger partial charge in [-0.25, -0.2) is 22.9 Å². The first-order chi connectivity index (χ1) is 29.7. The molecule has 0 unspecified atom stereocenters. The molecule has 6 rings (SSSR count). The summed E-state index contributed by atoms with van der Waals surface area (Å²) < 4.78 is 51.6. The number of hydrogen-bond acceptors (Lipinski definition) is 10. The summed E-state index contributed by atoms with van der Waals surface area (Å²) in [5.74, 6) is -7.48. The van der Waals surface area contributed by atoms with Gasteiger partial charge in [-0.2, -0.15) is 0 Å². The van der Waals surface area contributed by atoms with Crippen molar-refractivity contribution in [3.05, 3.63) is 64.7 Å². The topological polar surface area (TPSA) is 253 Å². The van der Waals surface area contributed by atoms with Crippen LogP contribution in [-0.2, 0) is 49.0 Å². The van der Waals surface area contributed by atoms with Crippen molar-refractivity contribution in [2.24, 2.45) is 5.92 Å². The minimum atomic E-state index is -5.21. The van der Waals surface area contributed by atoms with Gasteiger partial charge in [0.15, 0.2) is 0 Å². The van der Waals surface area contributed by atoms with E-state index >= 15 is 0 Å². The van der Waals surface area contributed by atoms with E-state index in [0.29, 0.717) is 18.9 Å². The number of phosphoric acid groups is 1. The summed E-state index contributed by atoms with van der Waals surface area (Å²) in [6.07, 6.45) is -2.75. The van der Waals surface area contributed by atoms with Gasteiger partial charge in [-0.1, -0.05) is 30.7 Å². The molecule has 19 nitrogen and oxygen atoms in total. The first-order valence-electron chi connectivity index (χ1n) is 20.4. The van der Waals surface area contributed by atoms with Crippen LogP contribution in [0.5, 0.6) is 0 Å². The molecule has 23 heteroatoms. The van der Waals surface area contributed by atoms with E-state index in [-0.39, 0.29) is 48.1 Å². The highest BCUT2D eigenvalue weighted by Crippen LogP contribution is 2.41. The lowest BCUT2D eigenvalue weighted by atomic mass is 9.98. The minimum Gasteiger partial charge on any atom is -0.458 e. The molecule has 4 fully saturated rings. The molecule has 4 aliphatic rings. The summed E-state index contributed by atoms with van der Waals surface area (Å²) in [6, 6.07) is -1.05. The second-order valence-corrected chi connectivity index (χ2v) is 17.9. The third kappa shape index (κ3) is 11.5. The Morgan fingerprint density at radius 2 is 1.60 bits per heavy atom. The zero-order chi connectivity index (χ0) is 45.9. The van der Waals surface area contributed by atoms with Crippen molar-refractivity contribution in [1.29, 1.82) is 0 Å². The predicted octanol–water partition coefficient (Wildman–Crippen LogP) is 1.98. The molecule has 63 heavy (non-hydrogen) atoms. The fourth-order valence-electron chi connectivity index (χ4n) is 8.53. The molecular formula is C40H49ClF2N7O12P. The van der Waals surface area contributed by atoms with Crippen molar-refractivity contribution in [3.8, 4) is 0 Å². The molecule has 0 bridgehead atoms. The molecule has 4 saturated heterocycles. The second kappa shape index (κ2) is 19.7. The van der Waals surface area contributed by atoms with E-state index in [0.717, 1.165) is 17.0 Å². The SMILES string of the molecule is C[C@@H]1C[C@H]2C(=O)O[C@@H](C)[C@H](NC(=O)[C@H](Cc3cc(F)cc(F)c3)NC(=O)Nc3ccccc3Cl)C(=O)N3C[C@H](OP(=O)(O)O)C[C@H]3C(=O)N3CCCC[C@H]3C(=O)N[C@@H](C)C(=O)N2C1. The Balaban J connectivity index is 1.40. The number of anilines is 1. The van der Waals surface area contributed by atoms with Crippen molar-refractivity contribution >= 4 is 66.6 Å². The first kappa shape index (κ1) is 47.3. The number of nitrogens with one attached hydrogen (secondary N) is 4. The number of cyclic esters (lactones) is 1. The molecular weight excluding hydrogens is 875 g/mol. The van der Waals surface area contributed by atoms with Crippen LogP contribution in [0.4, 0.5) is 19.3 Å². The molecule has 0 spiro atoms. The molecule has 2 aromatic rings. The van der Waals surface area contributed by atoms with Crippen LogP contribution in [0.2, 0.25) is 5.02 Å². The Morgan fingerprint density at radius 1 is 0.921 bits per heavy atom. The summed E-state index contributed by atoms with van der Waals surface area (Å²) in [7, 11) is -5.21. The normalized spacial score (nSPS) is 27.7. The number of rotatable bonds is 8. The van der Waals surface area contributed by atoms with Gasteiger partial charge in [0.05, 0.1) is 16.8 Å². The van der Waals surface area contributed by atoms with Gasteiger partial charge in [0.25, 0.3) is 0 Å². The summed E-state index contributed by atoms with van der Waals surface area (Å²) in [4.78, 5) is 122. The van der Waals surface area contributed by atoms with E-state index in [1.165, 1.54) is 35.8 Å². The van der Waals surface area contributed by atoms with E-state index in [4.69, 9.17) is 20.9 Å². The Bertz CT molecular complexity index is 2160. The highest BCUT2D eigenvalue weighted by atomic mass is 35.5. The predicted molar refractivity (Wildman–Crippen MR) is 218 cm³/mol. The third-order valence-electron chi connectivity index (χ3n) is 11.4. The standard InChI is InChI=1S/C40H49ClF2N7O12P/c1-20-12-32-39(56)61-22(3)33(47-34(51)29(15-23-13-24(42)16-25(43)14-23)46-40(57)45-28-9-5-4-8-27(28)41)38(55)50-19-26(62-63(58,59)60)17-31(50)37(54)48-11-7-6-10-30(48)35(52)44-21(2)36(53)49(32)18-20/h4-5,8-9,13-14,16,20-22,26,29-33H,6-7,10-12,15,17-19H2,1-3H3,(H,44,52)(H,47,51)(H2,45,46,57)(H2,58,59,60)/t20-,21+,22+,26-,29+,30+,31+,32+,33+/m1/s1. The number of esters is 1. The van der Waals surface area contributed by atoms with Crippen molar-refractivity contribution in [3.63, 3.8) is 0 Å². The van der Waals surface area contributed by atoms with E-state index in [2.05, 4.69) is 21.3 Å². The monoisotopic (exact) mass is 923 g/mol. The zero-order valence-corrected chi connectivity index (χ0v) is 36.2. The Morgan fingerprint density at radius 3 is 2.29 bits per heavy atom. The highest BCUT2D eigenvalue weighted by molar-refractivity contribution is 7.46. The molecule has 7 amide bonds. The van der Waals surface area contributed by atoms with Gasteiger partial charge in [-0.15, -0.1) is 0 Å². The van der Waals surface area contributed by atoms with E-state index in [9.17, 15) is 56.7 Å². The van der Waals surface area contributed by atoms with E-state index in [1.807, 2.05) is 0 Å². The van der Waals surface area contributed by atoms with E-state index in [1.54, 1.807) is 19.1 Å². The van der Waals surface area contributed by atoms with Crippen LogP contribution in [0.25, 0.3) is 0 Å². The number of hydrogen-bond donors (Lipinski definition) is 6. The number of piperidine rings is 1. The van der Waals surface area contributed by atoms with Gasteiger partial charge in [0.2, 0.25) is 29.5 Å². The molecule has 9 atom stereocenters. The van der Waals surface area contributed by atoms with E-state index < -0.39 is 129 Å². The van der Waals surface area contributed by atoms with Gasteiger partial charge in [0.1, 0.15) is 54.0 Å². The Kier molecular flexibility index (Phi) is 14.8. The van der Waals surface area contributed by atoms with Crippen LogP contribution in [-0.4, -0.2) is 134 Å². The van der Waals surface area contributed by atoms with Crippen molar-refractivity contribution in [2.45, 2.75) is 108 Å². The smallest absolute Gasteiger partial charge is 0.458 e. The van der Waals surface area contributed by atoms with Crippen LogP contribution in [0.3, 0.4) is 0 Å². The highest BCUT2D eigenvalue weighted by Gasteiger charge is 2.50. The number of urea groups is 1. The van der Waals surface area contributed by atoms with Crippen molar-refractivity contribution in [1.82, 2.24) is 30.7 Å². The second-order valence-electron chi connectivity index (χ2n) is 16.3.